The number of nitro groups is 1. The number of hydrogen-bond donors (Lipinski definition) is 1. The smallest absolute Gasteiger partial charge is 0.330 e. The number of hydrogen-bond acceptors (Lipinski definition) is 5. The molecule has 0 bridgehead atoms. The van der Waals surface area contributed by atoms with Gasteiger partial charge in [-0.25, -0.2) is 4.79 Å². The second-order valence-corrected chi connectivity index (χ2v) is 3.67. The van der Waals surface area contributed by atoms with Crippen molar-refractivity contribution in [1.29, 1.82) is 0 Å². The molecule has 0 aliphatic heterocycles. The second kappa shape index (κ2) is 7.99. The fourth-order valence-electron chi connectivity index (χ4n) is 1.47. The fourth-order valence-corrected chi connectivity index (χ4v) is 1.47. The Kier molecular flexibility index (Phi) is 6.25. The van der Waals surface area contributed by atoms with Crippen LogP contribution in [-0.2, 0) is 16.1 Å². The zero-order valence-electron chi connectivity index (χ0n) is 10.7. The average molecular weight is 264 g/mol. The Morgan fingerprint density at radius 1 is 1.47 bits per heavy atom. The first kappa shape index (κ1) is 14.8. The first-order valence-electron chi connectivity index (χ1n) is 5.91. The van der Waals surface area contributed by atoms with Gasteiger partial charge >= 0.3 is 5.97 Å². The third-order valence-electron chi connectivity index (χ3n) is 2.31. The fraction of sp³-hybridized carbons (Fsp3) is 0.308. The van der Waals surface area contributed by atoms with Crippen molar-refractivity contribution in [2.45, 2.75) is 13.5 Å². The summed E-state index contributed by atoms with van der Waals surface area (Å²) in [5.74, 6) is -0.394. The van der Waals surface area contributed by atoms with Crippen molar-refractivity contribution < 1.29 is 14.5 Å². The number of ether oxygens (including phenoxy) is 1. The summed E-state index contributed by atoms with van der Waals surface area (Å²) >= 11 is 0. The SMILES string of the molecule is CCOC(=O)/C=C/CNCc1ccccc1[N+](=O)[O-]. The molecule has 0 aliphatic carbocycles. The largest absolute Gasteiger partial charge is 0.463 e. The minimum absolute atomic E-state index is 0.0874. The van der Waals surface area contributed by atoms with Gasteiger partial charge in [-0.15, -0.1) is 0 Å². The predicted molar refractivity (Wildman–Crippen MR) is 70.6 cm³/mol. The zero-order chi connectivity index (χ0) is 14.1. The average Bonchev–Trinajstić information content (AvgIpc) is 2.39. The van der Waals surface area contributed by atoms with Crippen LogP contribution in [0.4, 0.5) is 5.69 Å². The number of benzene rings is 1. The van der Waals surface area contributed by atoms with Crippen LogP contribution in [0.3, 0.4) is 0 Å². The van der Waals surface area contributed by atoms with Crippen molar-refractivity contribution >= 4 is 11.7 Å². The molecule has 102 valence electrons. The van der Waals surface area contributed by atoms with Gasteiger partial charge in [-0.1, -0.05) is 24.3 Å². The standard InChI is InChI=1S/C13H16N2O4/c1-2-19-13(16)8-5-9-14-10-11-6-3-4-7-12(11)15(17)18/h3-8,14H,2,9-10H2,1H3/b8-5+. The minimum atomic E-state index is -0.411. The van der Waals surface area contributed by atoms with Crippen LogP contribution in [0.2, 0.25) is 0 Å². The first-order chi connectivity index (χ1) is 9.15. The van der Waals surface area contributed by atoms with Crippen LogP contribution < -0.4 is 5.32 Å². The van der Waals surface area contributed by atoms with Crippen LogP contribution in [-0.4, -0.2) is 24.0 Å². The van der Waals surface area contributed by atoms with Crippen LogP contribution in [0, 0.1) is 10.1 Å². The van der Waals surface area contributed by atoms with Gasteiger partial charge in [-0.05, 0) is 6.92 Å². The molecule has 0 atom stereocenters. The molecule has 1 N–H and O–H groups in total. The molecule has 0 aromatic heterocycles. The van der Waals surface area contributed by atoms with E-state index in [1.54, 1.807) is 31.2 Å². The van der Waals surface area contributed by atoms with Crippen molar-refractivity contribution in [3.8, 4) is 0 Å². The molecule has 0 heterocycles. The third-order valence-corrected chi connectivity index (χ3v) is 2.31. The number of para-hydroxylation sites is 1. The van der Waals surface area contributed by atoms with Crippen LogP contribution in [0.1, 0.15) is 12.5 Å². The van der Waals surface area contributed by atoms with E-state index in [2.05, 4.69) is 5.32 Å². The molecule has 6 nitrogen and oxygen atoms in total. The number of rotatable bonds is 7. The van der Waals surface area contributed by atoms with Crippen molar-refractivity contribution in [2.75, 3.05) is 13.2 Å². The molecule has 0 amide bonds. The summed E-state index contributed by atoms with van der Waals surface area (Å²) in [5, 5.41) is 13.8. The molecule has 19 heavy (non-hydrogen) atoms. The lowest BCUT2D eigenvalue weighted by Gasteiger charge is -2.03. The molecule has 0 unspecified atom stereocenters. The second-order valence-electron chi connectivity index (χ2n) is 3.67. The molecule has 1 rings (SSSR count). The monoisotopic (exact) mass is 264 g/mol. The van der Waals surface area contributed by atoms with Crippen molar-refractivity contribution in [3.05, 3.63) is 52.1 Å². The lowest BCUT2D eigenvalue weighted by molar-refractivity contribution is -0.385. The highest BCUT2D eigenvalue weighted by Crippen LogP contribution is 2.16. The summed E-state index contributed by atoms with van der Waals surface area (Å²) < 4.78 is 4.71. The van der Waals surface area contributed by atoms with Crippen molar-refractivity contribution in [2.24, 2.45) is 0 Å². The van der Waals surface area contributed by atoms with Gasteiger partial charge in [0.15, 0.2) is 0 Å². The lowest BCUT2D eigenvalue weighted by atomic mass is 10.2. The molecule has 0 fully saturated rings. The number of carbonyl (C=O) groups is 1. The highest BCUT2D eigenvalue weighted by atomic mass is 16.6. The van der Waals surface area contributed by atoms with E-state index in [4.69, 9.17) is 4.74 Å². The van der Waals surface area contributed by atoms with Gasteiger partial charge in [-0.3, -0.25) is 10.1 Å². The van der Waals surface area contributed by atoms with Gasteiger partial charge < -0.3 is 10.1 Å². The summed E-state index contributed by atoms with van der Waals surface area (Å²) in [7, 11) is 0. The summed E-state index contributed by atoms with van der Waals surface area (Å²) in [5.41, 5.74) is 0.696. The van der Waals surface area contributed by atoms with E-state index in [1.807, 2.05) is 0 Å². The predicted octanol–water partition coefficient (Wildman–Crippen LogP) is 1.80. The van der Waals surface area contributed by atoms with E-state index in [0.29, 0.717) is 25.3 Å². The van der Waals surface area contributed by atoms with Crippen molar-refractivity contribution in [1.82, 2.24) is 5.32 Å². The van der Waals surface area contributed by atoms with Crippen LogP contribution >= 0.6 is 0 Å². The van der Waals surface area contributed by atoms with Gasteiger partial charge in [0.25, 0.3) is 5.69 Å². The van der Waals surface area contributed by atoms with Crippen molar-refractivity contribution in [3.63, 3.8) is 0 Å². The molecule has 0 spiro atoms. The van der Waals surface area contributed by atoms with Gasteiger partial charge in [0.1, 0.15) is 0 Å². The maximum atomic E-state index is 11.0. The maximum absolute atomic E-state index is 11.0. The summed E-state index contributed by atoms with van der Waals surface area (Å²) in [4.78, 5) is 21.4. The Morgan fingerprint density at radius 2 is 2.21 bits per heavy atom. The summed E-state index contributed by atoms with van der Waals surface area (Å²) in [6.07, 6.45) is 2.95. The normalized spacial score (nSPS) is 10.6. The summed E-state index contributed by atoms with van der Waals surface area (Å²) in [6, 6.07) is 6.53. The van der Waals surface area contributed by atoms with E-state index in [-0.39, 0.29) is 5.69 Å². The summed E-state index contributed by atoms with van der Waals surface area (Å²) in [6.45, 7) is 2.88. The highest BCUT2D eigenvalue weighted by molar-refractivity contribution is 5.81. The Balaban J connectivity index is 2.42. The molecule has 1 aromatic carbocycles. The quantitative estimate of drug-likeness (QED) is 0.267. The van der Waals surface area contributed by atoms with Gasteiger partial charge in [0.2, 0.25) is 0 Å². The molecule has 0 saturated heterocycles. The van der Waals surface area contributed by atoms with Gasteiger partial charge in [-0.2, -0.15) is 0 Å². The Hall–Kier alpha value is -2.21. The Bertz CT molecular complexity index is 471. The topological polar surface area (TPSA) is 81.5 Å². The van der Waals surface area contributed by atoms with Gasteiger partial charge in [0, 0.05) is 30.8 Å². The number of nitrogens with zero attached hydrogens (tertiary/aromatic N) is 1. The lowest BCUT2D eigenvalue weighted by Crippen LogP contribution is -2.14. The Morgan fingerprint density at radius 3 is 2.89 bits per heavy atom. The van der Waals surface area contributed by atoms with E-state index in [0.717, 1.165) is 0 Å². The Labute approximate surface area is 111 Å². The van der Waals surface area contributed by atoms with Crippen LogP contribution in [0.15, 0.2) is 36.4 Å². The van der Waals surface area contributed by atoms with Gasteiger partial charge in [0.05, 0.1) is 11.5 Å². The number of carbonyl (C=O) groups excluding carboxylic acids is 1. The van der Waals surface area contributed by atoms with Crippen LogP contribution in [0.5, 0.6) is 0 Å². The van der Waals surface area contributed by atoms with E-state index >= 15 is 0 Å². The minimum Gasteiger partial charge on any atom is -0.463 e. The first-order valence-corrected chi connectivity index (χ1v) is 5.91. The van der Waals surface area contributed by atoms with E-state index in [1.165, 1.54) is 12.1 Å². The molecular weight excluding hydrogens is 248 g/mol. The highest BCUT2D eigenvalue weighted by Gasteiger charge is 2.10. The third kappa shape index (κ3) is 5.31. The molecule has 0 saturated carbocycles. The molecule has 1 aromatic rings. The number of nitrogens with one attached hydrogen (secondary N) is 1. The maximum Gasteiger partial charge on any atom is 0.330 e. The van der Waals surface area contributed by atoms with E-state index < -0.39 is 10.9 Å². The number of esters is 1. The molecule has 0 radical (unpaired) electrons. The zero-order valence-corrected chi connectivity index (χ0v) is 10.7. The van der Waals surface area contributed by atoms with E-state index in [9.17, 15) is 14.9 Å². The molecule has 6 heteroatoms. The molecular formula is C13H16N2O4. The molecule has 0 aliphatic rings. The van der Waals surface area contributed by atoms with Crippen LogP contribution in [0.25, 0.3) is 0 Å². The number of nitro benzene ring substituents is 1.